The van der Waals surface area contributed by atoms with Crippen LogP contribution in [0.4, 0.5) is 13.2 Å². The molecule has 0 aliphatic heterocycles. The number of sulfonamides is 1. The molecule has 11 heteroatoms. The first-order chi connectivity index (χ1) is 13.1. The molecule has 28 heavy (non-hydrogen) atoms. The zero-order valence-electron chi connectivity index (χ0n) is 14.8. The molecule has 0 atom stereocenters. The third-order valence-corrected chi connectivity index (χ3v) is 4.98. The number of hydrogen-bond donors (Lipinski definition) is 2. The molecule has 1 heterocycles. The number of aromatic nitrogens is 1. The van der Waals surface area contributed by atoms with Gasteiger partial charge in [-0.3, -0.25) is 4.79 Å². The molecule has 152 valence electrons. The summed E-state index contributed by atoms with van der Waals surface area (Å²) in [7, 11) is -3.63. The Kier molecular flexibility index (Phi) is 6.97. The number of pyridine rings is 1. The maximum Gasteiger partial charge on any atom is 0.422 e. The van der Waals surface area contributed by atoms with Crippen molar-refractivity contribution in [2.75, 3.05) is 13.2 Å². The third-order valence-electron chi connectivity index (χ3n) is 3.42. The van der Waals surface area contributed by atoms with E-state index in [0.29, 0.717) is 0 Å². The van der Waals surface area contributed by atoms with Crippen LogP contribution in [0.2, 0.25) is 0 Å². The molecule has 1 aromatic carbocycles. The van der Waals surface area contributed by atoms with E-state index in [1.807, 2.05) is 0 Å². The molecule has 0 aliphatic carbocycles. The first kappa shape index (κ1) is 21.6. The number of ether oxygens (including phenoxy) is 1. The van der Waals surface area contributed by atoms with Gasteiger partial charge in [0, 0.05) is 30.4 Å². The lowest BCUT2D eigenvalue weighted by Gasteiger charge is -2.12. The molecule has 2 N–H and O–H groups in total. The fourth-order valence-corrected chi connectivity index (χ4v) is 3.22. The van der Waals surface area contributed by atoms with Crippen molar-refractivity contribution in [3.8, 4) is 5.88 Å². The zero-order chi connectivity index (χ0) is 20.8. The van der Waals surface area contributed by atoms with Gasteiger partial charge in [0.2, 0.25) is 15.9 Å². The van der Waals surface area contributed by atoms with Gasteiger partial charge in [0.25, 0.3) is 5.91 Å². The molecule has 2 aromatic rings. The molecule has 0 saturated heterocycles. The van der Waals surface area contributed by atoms with E-state index in [1.165, 1.54) is 42.6 Å². The van der Waals surface area contributed by atoms with Gasteiger partial charge in [0.1, 0.15) is 0 Å². The van der Waals surface area contributed by atoms with Crippen LogP contribution < -0.4 is 14.8 Å². The Hall–Kier alpha value is -2.66. The Morgan fingerprint density at radius 1 is 1.18 bits per heavy atom. The molecular weight excluding hydrogens is 399 g/mol. The van der Waals surface area contributed by atoms with Crippen LogP contribution in [0.5, 0.6) is 5.88 Å². The number of alkyl halides is 3. The Morgan fingerprint density at radius 2 is 1.86 bits per heavy atom. The SMILES string of the molecule is CCNS(=O)(=O)c1ccc(C(=O)NCc2cccnc2OCC(F)(F)F)cc1. The zero-order valence-corrected chi connectivity index (χ0v) is 15.6. The molecule has 1 aromatic heterocycles. The van der Waals surface area contributed by atoms with E-state index in [4.69, 9.17) is 0 Å². The first-order valence-corrected chi connectivity index (χ1v) is 9.62. The number of halogens is 3. The second kappa shape index (κ2) is 9.02. The van der Waals surface area contributed by atoms with Crippen LogP contribution in [-0.4, -0.2) is 38.6 Å². The van der Waals surface area contributed by atoms with Crippen LogP contribution in [0.25, 0.3) is 0 Å². The number of amides is 1. The van der Waals surface area contributed by atoms with Crippen molar-refractivity contribution in [2.45, 2.75) is 24.5 Å². The molecule has 0 unspecified atom stereocenters. The summed E-state index contributed by atoms with van der Waals surface area (Å²) in [6, 6.07) is 8.23. The smallest absolute Gasteiger partial charge is 0.422 e. The molecule has 7 nitrogen and oxygen atoms in total. The van der Waals surface area contributed by atoms with Crippen LogP contribution >= 0.6 is 0 Å². The summed E-state index contributed by atoms with van der Waals surface area (Å²) in [6.07, 6.45) is -3.23. The predicted molar refractivity (Wildman–Crippen MR) is 94.3 cm³/mol. The Bertz CT molecular complexity index is 916. The molecule has 0 saturated carbocycles. The molecule has 0 radical (unpaired) electrons. The lowest BCUT2D eigenvalue weighted by molar-refractivity contribution is -0.154. The van der Waals surface area contributed by atoms with Crippen molar-refractivity contribution in [2.24, 2.45) is 0 Å². The van der Waals surface area contributed by atoms with E-state index in [-0.39, 0.29) is 35.0 Å². The van der Waals surface area contributed by atoms with Crippen molar-refractivity contribution in [1.82, 2.24) is 15.0 Å². The maximum atomic E-state index is 12.3. The summed E-state index contributed by atoms with van der Waals surface area (Å²) in [5, 5.41) is 2.53. The first-order valence-electron chi connectivity index (χ1n) is 8.14. The number of benzene rings is 1. The molecule has 0 bridgehead atoms. The minimum absolute atomic E-state index is 0.0148. The van der Waals surface area contributed by atoms with Gasteiger partial charge in [0.05, 0.1) is 4.90 Å². The number of nitrogens with zero attached hydrogens (tertiary/aromatic N) is 1. The second-order valence-corrected chi connectivity index (χ2v) is 7.35. The highest BCUT2D eigenvalue weighted by molar-refractivity contribution is 7.89. The number of carbonyl (C=O) groups excluding carboxylic acids is 1. The van der Waals surface area contributed by atoms with Crippen LogP contribution in [-0.2, 0) is 16.6 Å². The highest BCUT2D eigenvalue weighted by Crippen LogP contribution is 2.20. The van der Waals surface area contributed by atoms with Gasteiger partial charge in [0.15, 0.2) is 6.61 Å². The summed E-state index contributed by atoms with van der Waals surface area (Å²) in [5.41, 5.74) is 0.462. The standard InChI is InChI=1S/C17H18F3N3O4S/c1-2-23-28(25,26)14-7-5-12(6-8-14)15(24)22-10-13-4-3-9-21-16(13)27-11-17(18,19)20/h3-9,23H,2,10-11H2,1H3,(H,22,24). The third kappa shape index (κ3) is 6.20. The fraction of sp³-hybridized carbons (Fsp3) is 0.294. The number of carbonyl (C=O) groups is 1. The van der Waals surface area contributed by atoms with Gasteiger partial charge in [-0.05, 0) is 30.3 Å². The second-order valence-electron chi connectivity index (χ2n) is 5.58. The van der Waals surface area contributed by atoms with Crippen molar-refractivity contribution < 1.29 is 31.1 Å². The van der Waals surface area contributed by atoms with Gasteiger partial charge in [-0.25, -0.2) is 18.1 Å². The summed E-state index contributed by atoms with van der Waals surface area (Å²) in [5.74, 6) is -0.759. The average Bonchev–Trinajstić information content (AvgIpc) is 2.64. The predicted octanol–water partition coefficient (Wildman–Crippen LogP) is 2.25. The van der Waals surface area contributed by atoms with E-state index in [0.717, 1.165) is 0 Å². The minimum atomic E-state index is -4.51. The van der Waals surface area contributed by atoms with Gasteiger partial charge >= 0.3 is 6.18 Å². The van der Waals surface area contributed by atoms with E-state index in [2.05, 4.69) is 19.8 Å². The van der Waals surface area contributed by atoms with Crippen LogP contribution in [0.15, 0.2) is 47.5 Å². The summed E-state index contributed by atoms with van der Waals surface area (Å²) >= 11 is 0. The summed E-state index contributed by atoms with van der Waals surface area (Å²) in [4.78, 5) is 16.0. The largest absolute Gasteiger partial charge is 0.468 e. The van der Waals surface area contributed by atoms with Crippen molar-refractivity contribution >= 4 is 15.9 Å². The van der Waals surface area contributed by atoms with Crippen molar-refractivity contribution in [3.63, 3.8) is 0 Å². The molecule has 2 rings (SSSR count). The lowest BCUT2D eigenvalue weighted by atomic mass is 10.2. The summed E-state index contributed by atoms with van der Waals surface area (Å²) in [6.45, 7) is 0.267. The normalized spacial score (nSPS) is 11.9. The minimum Gasteiger partial charge on any atom is -0.468 e. The molecule has 1 amide bonds. The van der Waals surface area contributed by atoms with E-state index in [9.17, 15) is 26.4 Å². The van der Waals surface area contributed by atoms with Crippen molar-refractivity contribution in [1.29, 1.82) is 0 Å². The van der Waals surface area contributed by atoms with Gasteiger partial charge < -0.3 is 10.1 Å². The van der Waals surface area contributed by atoms with E-state index < -0.39 is 28.7 Å². The lowest BCUT2D eigenvalue weighted by Crippen LogP contribution is -2.25. The molecule has 0 spiro atoms. The van der Waals surface area contributed by atoms with Crippen LogP contribution in [0, 0.1) is 0 Å². The van der Waals surface area contributed by atoms with Gasteiger partial charge in [-0.1, -0.05) is 13.0 Å². The summed E-state index contributed by atoms with van der Waals surface area (Å²) < 4.78 is 67.7. The van der Waals surface area contributed by atoms with Gasteiger partial charge in [-0.2, -0.15) is 13.2 Å². The number of nitrogens with one attached hydrogen (secondary N) is 2. The quantitative estimate of drug-likeness (QED) is 0.687. The van der Waals surface area contributed by atoms with Crippen LogP contribution in [0.1, 0.15) is 22.8 Å². The molecule has 0 aliphatic rings. The van der Waals surface area contributed by atoms with E-state index in [1.54, 1.807) is 6.92 Å². The topological polar surface area (TPSA) is 97.4 Å². The monoisotopic (exact) mass is 417 g/mol. The van der Waals surface area contributed by atoms with Crippen molar-refractivity contribution in [3.05, 3.63) is 53.7 Å². The Labute approximate surface area is 160 Å². The van der Waals surface area contributed by atoms with E-state index >= 15 is 0 Å². The van der Waals surface area contributed by atoms with Gasteiger partial charge in [-0.15, -0.1) is 0 Å². The molecule has 0 fully saturated rings. The Balaban J connectivity index is 2.03. The number of rotatable bonds is 8. The highest BCUT2D eigenvalue weighted by atomic mass is 32.2. The highest BCUT2D eigenvalue weighted by Gasteiger charge is 2.29. The molecular formula is C17H18F3N3O4S. The van der Waals surface area contributed by atoms with Crippen LogP contribution in [0.3, 0.4) is 0 Å². The number of hydrogen-bond acceptors (Lipinski definition) is 5. The Morgan fingerprint density at radius 3 is 2.46 bits per heavy atom. The maximum absolute atomic E-state index is 12.3. The average molecular weight is 417 g/mol. The fourth-order valence-electron chi connectivity index (χ4n) is 2.18.